The van der Waals surface area contributed by atoms with E-state index < -0.39 is 17.6 Å². The van der Waals surface area contributed by atoms with E-state index in [4.69, 9.17) is 9.47 Å². The van der Waals surface area contributed by atoms with Gasteiger partial charge in [0.25, 0.3) is 5.91 Å². The van der Waals surface area contributed by atoms with E-state index in [0.29, 0.717) is 25.9 Å². The third-order valence-corrected chi connectivity index (χ3v) is 6.99. The standard InChI is InChI=1S/C20H20F3N3O4S/c1-24-17(27)12-7-31-16-13(20(21,22)23)4-14(25-15(12)16)29-11-5-19(6-11)8-26(9-19)18(28)30-10-2-3-10/h4,7,10-11H,2-3,5-6,8-9H2,1H3,(H,24,27). The van der Waals surface area contributed by atoms with Crippen LogP contribution in [0.25, 0.3) is 10.2 Å². The molecule has 2 amide bonds. The van der Waals surface area contributed by atoms with E-state index in [9.17, 15) is 22.8 Å². The number of likely N-dealkylation sites (tertiary alicyclic amines) is 1. The van der Waals surface area contributed by atoms with Crippen LogP contribution in [-0.4, -0.2) is 54.2 Å². The molecule has 7 nitrogen and oxygen atoms in total. The van der Waals surface area contributed by atoms with Crippen molar-refractivity contribution in [3.63, 3.8) is 0 Å². The fourth-order valence-corrected chi connectivity index (χ4v) is 5.29. The van der Waals surface area contributed by atoms with Crippen molar-refractivity contribution < 1.29 is 32.2 Å². The van der Waals surface area contributed by atoms with E-state index >= 15 is 0 Å². The molecule has 1 spiro atoms. The molecule has 0 unspecified atom stereocenters. The Balaban J connectivity index is 1.29. The molecule has 0 radical (unpaired) electrons. The summed E-state index contributed by atoms with van der Waals surface area (Å²) in [5.41, 5.74) is -0.840. The van der Waals surface area contributed by atoms with Crippen LogP contribution in [0.1, 0.15) is 41.6 Å². The van der Waals surface area contributed by atoms with Gasteiger partial charge in [-0.05, 0) is 25.7 Å². The van der Waals surface area contributed by atoms with Crippen molar-refractivity contribution in [1.29, 1.82) is 0 Å². The first-order chi connectivity index (χ1) is 14.7. The smallest absolute Gasteiger partial charge is 0.418 e. The quantitative estimate of drug-likeness (QED) is 0.758. The van der Waals surface area contributed by atoms with E-state index in [1.54, 1.807) is 4.90 Å². The van der Waals surface area contributed by atoms with E-state index in [1.165, 1.54) is 12.4 Å². The molecular weight excluding hydrogens is 435 g/mol. The number of carbonyl (C=O) groups is 2. The fraction of sp³-hybridized carbons (Fsp3) is 0.550. The number of nitrogens with zero attached hydrogens (tertiary/aromatic N) is 2. The molecule has 166 valence electrons. The zero-order chi connectivity index (χ0) is 22.0. The van der Waals surface area contributed by atoms with E-state index in [-0.39, 0.29) is 45.4 Å². The van der Waals surface area contributed by atoms with Gasteiger partial charge in [0.2, 0.25) is 5.88 Å². The van der Waals surface area contributed by atoms with E-state index in [1.807, 2.05) is 0 Å². The second kappa shape index (κ2) is 6.98. The summed E-state index contributed by atoms with van der Waals surface area (Å²) in [6, 6.07) is 0.900. The Morgan fingerprint density at radius 2 is 1.97 bits per heavy atom. The maximum atomic E-state index is 13.6. The molecule has 3 heterocycles. The normalized spacial score (nSPS) is 20.3. The molecule has 2 aliphatic carbocycles. The van der Waals surface area contributed by atoms with Crippen LogP contribution in [0.15, 0.2) is 11.4 Å². The summed E-state index contributed by atoms with van der Waals surface area (Å²) >= 11 is 0.834. The first-order valence-corrected chi connectivity index (χ1v) is 10.9. The van der Waals surface area contributed by atoms with E-state index in [2.05, 4.69) is 10.3 Å². The summed E-state index contributed by atoms with van der Waals surface area (Å²) in [7, 11) is 1.41. The number of thiophene rings is 1. The third-order valence-electron chi connectivity index (χ3n) is 5.99. The zero-order valence-corrected chi connectivity index (χ0v) is 17.4. The first kappa shape index (κ1) is 20.3. The molecule has 3 fully saturated rings. The average Bonchev–Trinajstić information content (AvgIpc) is 3.36. The molecule has 1 N–H and O–H groups in total. The van der Waals surface area contributed by atoms with Gasteiger partial charge in [0.1, 0.15) is 12.2 Å². The monoisotopic (exact) mass is 455 g/mol. The minimum absolute atomic E-state index is 0.0131. The number of carbonyl (C=O) groups excluding carboxylic acids is 2. The summed E-state index contributed by atoms with van der Waals surface area (Å²) in [5.74, 6) is -0.646. The van der Waals surface area contributed by atoms with Crippen LogP contribution in [0.3, 0.4) is 0 Å². The Morgan fingerprint density at radius 1 is 1.26 bits per heavy atom. The number of fused-ring (bicyclic) bond motifs is 1. The molecule has 31 heavy (non-hydrogen) atoms. The lowest BCUT2D eigenvalue weighted by atomic mass is 9.62. The molecule has 5 rings (SSSR count). The molecule has 0 bridgehead atoms. The van der Waals surface area contributed by atoms with Crippen molar-refractivity contribution in [1.82, 2.24) is 15.2 Å². The maximum Gasteiger partial charge on any atom is 0.418 e. The minimum Gasteiger partial charge on any atom is -0.474 e. The number of ether oxygens (including phenoxy) is 2. The highest BCUT2D eigenvalue weighted by Crippen LogP contribution is 2.50. The number of alkyl halides is 3. The average molecular weight is 455 g/mol. The van der Waals surface area contributed by atoms with Crippen molar-refractivity contribution in [2.24, 2.45) is 5.41 Å². The van der Waals surface area contributed by atoms with Gasteiger partial charge in [0, 0.05) is 37.0 Å². The number of nitrogens with one attached hydrogen (secondary N) is 1. The molecule has 1 saturated heterocycles. The Morgan fingerprint density at radius 3 is 2.58 bits per heavy atom. The van der Waals surface area contributed by atoms with Gasteiger partial charge < -0.3 is 19.7 Å². The van der Waals surface area contributed by atoms with Gasteiger partial charge >= 0.3 is 12.3 Å². The Kier molecular flexibility index (Phi) is 4.58. The lowest BCUT2D eigenvalue weighted by Gasteiger charge is -2.57. The van der Waals surface area contributed by atoms with Crippen molar-refractivity contribution >= 4 is 33.6 Å². The van der Waals surface area contributed by atoms with Gasteiger partial charge in [-0.1, -0.05) is 0 Å². The lowest BCUT2D eigenvalue weighted by molar-refractivity contribution is -0.136. The SMILES string of the molecule is CNC(=O)c1csc2c(C(F)(F)F)cc(OC3CC4(C3)CN(C(=O)OC3CC3)C4)nc12. The highest BCUT2D eigenvalue weighted by atomic mass is 32.1. The molecule has 3 aliphatic rings. The number of halogens is 3. The number of hydrogen-bond donors (Lipinski definition) is 1. The summed E-state index contributed by atoms with van der Waals surface area (Å²) in [4.78, 5) is 29.8. The van der Waals surface area contributed by atoms with Crippen molar-refractivity contribution in [3.8, 4) is 5.88 Å². The molecule has 2 aromatic rings. The van der Waals surface area contributed by atoms with Crippen LogP contribution in [0.2, 0.25) is 0 Å². The van der Waals surface area contributed by atoms with Crippen LogP contribution in [0.5, 0.6) is 5.88 Å². The second-order valence-electron chi connectivity index (χ2n) is 8.50. The van der Waals surface area contributed by atoms with Crippen LogP contribution in [0.4, 0.5) is 18.0 Å². The predicted molar refractivity (Wildman–Crippen MR) is 105 cm³/mol. The van der Waals surface area contributed by atoms with Crippen LogP contribution in [0, 0.1) is 5.41 Å². The van der Waals surface area contributed by atoms with Crippen LogP contribution >= 0.6 is 11.3 Å². The highest BCUT2D eigenvalue weighted by molar-refractivity contribution is 7.17. The fourth-order valence-electron chi connectivity index (χ4n) is 4.27. The van der Waals surface area contributed by atoms with Gasteiger partial charge in [-0.25, -0.2) is 9.78 Å². The van der Waals surface area contributed by atoms with Gasteiger partial charge in [-0.3, -0.25) is 4.79 Å². The van der Waals surface area contributed by atoms with Gasteiger partial charge in [0.05, 0.1) is 21.3 Å². The molecular formula is C20H20F3N3O4S. The molecule has 1 aliphatic heterocycles. The molecule has 0 aromatic carbocycles. The minimum atomic E-state index is -4.60. The molecule has 2 aromatic heterocycles. The number of amides is 2. The lowest BCUT2D eigenvalue weighted by Crippen LogP contribution is -2.66. The van der Waals surface area contributed by atoms with Crippen molar-refractivity contribution in [2.45, 2.75) is 44.1 Å². The van der Waals surface area contributed by atoms with Gasteiger partial charge in [-0.2, -0.15) is 13.2 Å². The molecule has 11 heteroatoms. The molecule has 0 atom stereocenters. The van der Waals surface area contributed by atoms with Crippen LogP contribution < -0.4 is 10.1 Å². The van der Waals surface area contributed by atoms with Crippen molar-refractivity contribution in [3.05, 3.63) is 22.6 Å². The number of hydrogen-bond acceptors (Lipinski definition) is 6. The Labute approximate surface area is 179 Å². The topological polar surface area (TPSA) is 80.8 Å². The van der Waals surface area contributed by atoms with Gasteiger partial charge in [0.15, 0.2) is 0 Å². The Hall–Kier alpha value is -2.56. The number of rotatable bonds is 4. The maximum absolute atomic E-state index is 13.6. The Bertz CT molecular complexity index is 1050. The van der Waals surface area contributed by atoms with Crippen molar-refractivity contribution in [2.75, 3.05) is 20.1 Å². The largest absolute Gasteiger partial charge is 0.474 e. The summed E-state index contributed by atoms with van der Waals surface area (Å²) in [6.07, 6.45) is -2.01. The van der Waals surface area contributed by atoms with E-state index in [0.717, 1.165) is 30.2 Å². The summed E-state index contributed by atoms with van der Waals surface area (Å²) in [6.45, 7) is 1.15. The second-order valence-corrected chi connectivity index (χ2v) is 9.38. The number of pyridine rings is 1. The molecule has 2 saturated carbocycles. The number of aromatic nitrogens is 1. The third kappa shape index (κ3) is 3.68. The van der Waals surface area contributed by atoms with Gasteiger partial charge in [-0.15, -0.1) is 11.3 Å². The summed E-state index contributed by atoms with van der Waals surface area (Å²) in [5, 5.41) is 3.79. The van der Waals surface area contributed by atoms with Crippen LogP contribution in [-0.2, 0) is 10.9 Å². The predicted octanol–water partition coefficient (Wildman–Crippen LogP) is 3.82. The first-order valence-electron chi connectivity index (χ1n) is 10.0. The highest BCUT2D eigenvalue weighted by Gasteiger charge is 2.55. The zero-order valence-electron chi connectivity index (χ0n) is 16.6. The summed E-state index contributed by atoms with van der Waals surface area (Å²) < 4.78 is 51.7.